The Kier molecular flexibility index (Phi) is 5.06. The molecule has 1 atom stereocenters. The standard InChI is InChI=1S/C14H17NO3/c1-4-6-10(5-2)15-13-9-11(18-3)7-8-12(13)14(16)17/h1,7-10,15H,5-6H2,2-3H3,(H,16,17). The number of anilines is 1. The molecule has 0 heterocycles. The minimum atomic E-state index is -0.976. The average Bonchev–Trinajstić information content (AvgIpc) is 2.37. The molecule has 0 amide bonds. The fraction of sp³-hybridized carbons (Fsp3) is 0.357. The molecule has 1 aromatic rings. The molecule has 0 saturated carbocycles. The Hall–Kier alpha value is -2.15. The molecule has 0 fully saturated rings. The van der Waals surface area contributed by atoms with E-state index in [0.717, 1.165) is 6.42 Å². The topological polar surface area (TPSA) is 58.6 Å². The summed E-state index contributed by atoms with van der Waals surface area (Å²) in [5.74, 6) is 2.21. The van der Waals surface area contributed by atoms with Crippen LogP contribution >= 0.6 is 0 Å². The summed E-state index contributed by atoms with van der Waals surface area (Å²) >= 11 is 0. The molecule has 0 spiro atoms. The number of rotatable bonds is 6. The third kappa shape index (κ3) is 3.42. The van der Waals surface area contributed by atoms with E-state index >= 15 is 0 Å². The Bertz CT molecular complexity index is 463. The van der Waals surface area contributed by atoms with Gasteiger partial charge in [0.1, 0.15) is 5.75 Å². The Morgan fingerprint density at radius 2 is 2.33 bits per heavy atom. The van der Waals surface area contributed by atoms with Crippen LogP contribution in [0.1, 0.15) is 30.1 Å². The molecule has 0 aromatic heterocycles. The van der Waals surface area contributed by atoms with Gasteiger partial charge in [-0.15, -0.1) is 12.3 Å². The van der Waals surface area contributed by atoms with Gasteiger partial charge in [-0.2, -0.15) is 0 Å². The molecule has 96 valence electrons. The number of benzene rings is 1. The molecule has 0 saturated heterocycles. The van der Waals surface area contributed by atoms with Crippen LogP contribution in [0.25, 0.3) is 0 Å². The molecule has 0 aliphatic rings. The minimum Gasteiger partial charge on any atom is -0.497 e. The van der Waals surface area contributed by atoms with E-state index < -0.39 is 5.97 Å². The zero-order chi connectivity index (χ0) is 13.5. The van der Waals surface area contributed by atoms with Crippen LogP contribution in [-0.4, -0.2) is 24.2 Å². The number of ether oxygens (including phenoxy) is 1. The average molecular weight is 247 g/mol. The molecular formula is C14H17NO3. The number of carbonyl (C=O) groups is 1. The minimum absolute atomic E-state index is 0.0557. The van der Waals surface area contributed by atoms with E-state index in [-0.39, 0.29) is 11.6 Å². The van der Waals surface area contributed by atoms with Crippen molar-refractivity contribution in [2.45, 2.75) is 25.8 Å². The zero-order valence-corrected chi connectivity index (χ0v) is 10.6. The first-order valence-corrected chi connectivity index (χ1v) is 5.73. The van der Waals surface area contributed by atoms with Crippen molar-refractivity contribution in [3.8, 4) is 18.1 Å². The highest BCUT2D eigenvalue weighted by Gasteiger charge is 2.14. The molecular weight excluding hydrogens is 230 g/mol. The lowest BCUT2D eigenvalue weighted by Gasteiger charge is -2.18. The van der Waals surface area contributed by atoms with Crippen LogP contribution in [0.4, 0.5) is 5.69 Å². The first-order chi connectivity index (χ1) is 8.62. The molecule has 4 nitrogen and oxygen atoms in total. The first-order valence-electron chi connectivity index (χ1n) is 5.73. The molecule has 1 rings (SSSR count). The van der Waals surface area contributed by atoms with Crippen molar-refractivity contribution in [1.29, 1.82) is 0 Å². The predicted molar refractivity (Wildman–Crippen MR) is 71.1 cm³/mol. The monoisotopic (exact) mass is 247 g/mol. The molecule has 4 heteroatoms. The summed E-state index contributed by atoms with van der Waals surface area (Å²) in [4.78, 5) is 11.1. The van der Waals surface area contributed by atoms with Crippen LogP contribution in [0.5, 0.6) is 5.75 Å². The van der Waals surface area contributed by atoms with E-state index in [0.29, 0.717) is 17.9 Å². The number of hydrogen-bond acceptors (Lipinski definition) is 3. The third-order valence-electron chi connectivity index (χ3n) is 2.67. The molecule has 0 bridgehead atoms. The van der Waals surface area contributed by atoms with Gasteiger partial charge < -0.3 is 15.2 Å². The normalized spacial score (nSPS) is 11.4. The number of nitrogens with one attached hydrogen (secondary N) is 1. The van der Waals surface area contributed by atoms with Gasteiger partial charge in [0.15, 0.2) is 0 Å². The maximum absolute atomic E-state index is 11.1. The van der Waals surface area contributed by atoms with Crippen molar-refractivity contribution in [3.63, 3.8) is 0 Å². The first kappa shape index (κ1) is 13.9. The summed E-state index contributed by atoms with van der Waals surface area (Å²) in [6, 6.07) is 4.87. The largest absolute Gasteiger partial charge is 0.497 e. The van der Waals surface area contributed by atoms with Gasteiger partial charge >= 0.3 is 5.97 Å². The Balaban J connectivity index is 3.03. The molecule has 0 aliphatic carbocycles. The SMILES string of the molecule is C#CCC(CC)Nc1cc(OC)ccc1C(=O)O. The third-order valence-corrected chi connectivity index (χ3v) is 2.67. The molecule has 0 radical (unpaired) electrons. The maximum atomic E-state index is 11.1. The maximum Gasteiger partial charge on any atom is 0.337 e. The van der Waals surface area contributed by atoms with Crippen molar-refractivity contribution in [3.05, 3.63) is 23.8 Å². The highest BCUT2D eigenvalue weighted by atomic mass is 16.5. The summed E-state index contributed by atoms with van der Waals surface area (Å²) in [6.45, 7) is 2.00. The Labute approximate surface area is 107 Å². The number of hydrogen-bond donors (Lipinski definition) is 2. The van der Waals surface area contributed by atoms with Crippen LogP contribution in [0.2, 0.25) is 0 Å². The summed E-state index contributed by atoms with van der Waals surface area (Å²) in [7, 11) is 1.54. The van der Waals surface area contributed by atoms with Gasteiger partial charge in [-0.05, 0) is 18.6 Å². The molecule has 2 N–H and O–H groups in total. The summed E-state index contributed by atoms with van der Waals surface area (Å²) in [6.07, 6.45) is 6.65. The predicted octanol–water partition coefficient (Wildman–Crippen LogP) is 2.61. The Morgan fingerprint density at radius 3 is 2.83 bits per heavy atom. The van der Waals surface area contributed by atoms with Crippen molar-refractivity contribution in [1.82, 2.24) is 0 Å². The van der Waals surface area contributed by atoms with Crippen LogP contribution in [0, 0.1) is 12.3 Å². The lowest BCUT2D eigenvalue weighted by atomic mass is 10.1. The lowest BCUT2D eigenvalue weighted by Crippen LogP contribution is -2.19. The second kappa shape index (κ2) is 6.55. The van der Waals surface area contributed by atoms with E-state index in [1.54, 1.807) is 12.1 Å². The summed E-state index contributed by atoms with van der Waals surface area (Å²) < 4.78 is 5.09. The van der Waals surface area contributed by atoms with E-state index in [9.17, 15) is 4.79 Å². The number of carboxylic acids is 1. The van der Waals surface area contributed by atoms with E-state index in [4.69, 9.17) is 16.3 Å². The van der Waals surface area contributed by atoms with Crippen LogP contribution in [0.3, 0.4) is 0 Å². The van der Waals surface area contributed by atoms with Gasteiger partial charge in [0, 0.05) is 18.5 Å². The van der Waals surface area contributed by atoms with Gasteiger partial charge in [-0.1, -0.05) is 6.92 Å². The van der Waals surface area contributed by atoms with Crippen LogP contribution in [0.15, 0.2) is 18.2 Å². The number of terminal acetylenes is 1. The van der Waals surface area contributed by atoms with Crippen molar-refractivity contribution in [2.24, 2.45) is 0 Å². The quantitative estimate of drug-likeness (QED) is 0.759. The fourth-order valence-electron chi connectivity index (χ4n) is 1.62. The van der Waals surface area contributed by atoms with Gasteiger partial charge in [-0.3, -0.25) is 0 Å². The van der Waals surface area contributed by atoms with Gasteiger partial charge in [0.25, 0.3) is 0 Å². The lowest BCUT2D eigenvalue weighted by molar-refractivity contribution is 0.0698. The van der Waals surface area contributed by atoms with Gasteiger partial charge in [-0.25, -0.2) is 4.79 Å². The summed E-state index contributed by atoms with van der Waals surface area (Å²) in [5, 5.41) is 12.3. The van der Waals surface area contributed by atoms with Crippen molar-refractivity contribution >= 4 is 11.7 Å². The van der Waals surface area contributed by atoms with Crippen molar-refractivity contribution in [2.75, 3.05) is 12.4 Å². The highest BCUT2D eigenvalue weighted by molar-refractivity contribution is 5.94. The zero-order valence-electron chi connectivity index (χ0n) is 10.6. The second-order valence-corrected chi connectivity index (χ2v) is 3.87. The fourth-order valence-corrected chi connectivity index (χ4v) is 1.62. The van der Waals surface area contributed by atoms with Gasteiger partial charge in [0.05, 0.1) is 18.4 Å². The second-order valence-electron chi connectivity index (χ2n) is 3.87. The van der Waals surface area contributed by atoms with Crippen LogP contribution in [-0.2, 0) is 0 Å². The van der Waals surface area contributed by atoms with E-state index in [1.165, 1.54) is 13.2 Å². The van der Waals surface area contributed by atoms with E-state index in [1.807, 2.05) is 6.92 Å². The van der Waals surface area contributed by atoms with E-state index in [2.05, 4.69) is 11.2 Å². The Morgan fingerprint density at radius 1 is 1.61 bits per heavy atom. The number of aromatic carboxylic acids is 1. The highest BCUT2D eigenvalue weighted by Crippen LogP contribution is 2.24. The van der Waals surface area contributed by atoms with Gasteiger partial charge in [0.2, 0.25) is 0 Å². The number of methoxy groups -OCH3 is 1. The van der Waals surface area contributed by atoms with Crippen molar-refractivity contribution < 1.29 is 14.6 Å². The van der Waals surface area contributed by atoms with Crippen LogP contribution < -0.4 is 10.1 Å². The molecule has 18 heavy (non-hydrogen) atoms. The molecule has 1 aromatic carbocycles. The number of carboxylic acid groups (broad SMARTS) is 1. The molecule has 0 aliphatic heterocycles. The summed E-state index contributed by atoms with van der Waals surface area (Å²) in [5.41, 5.74) is 0.746. The smallest absolute Gasteiger partial charge is 0.337 e. The molecule has 1 unspecified atom stereocenters.